The van der Waals surface area contributed by atoms with E-state index in [1.807, 2.05) is 0 Å². The molecule has 0 aliphatic carbocycles. The van der Waals surface area contributed by atoms with E-state index < -0.39 is 0 Å². The van der Waals surface area contributed by atoms with Gasteiger partial charge in [-0.25, -0.2) is 0 Å². The lowest BCUT2D eigenvalue weighted by Crippen LogP contribution is -2.11. The molecular weight excluding hydrogens is 711 g/mol. The Bertz CT molecular complexity index is 3000. The first-order valence-corrected chi connectivity index (χ1v) is 20.2. The van der Waals surface area contributed by atoms with Crippen molar-refractivity contribution in [2.24, 2.45) is 0 Å². The molecule has 0 fully saturated rings. The standard InChI is InChI=1S/C58H41N/c1-3-13-42(14-4-1)50-19-11-20-51(39-50)47-33-37-56(38-34-47)59(58-24-10-9-23-57(58)48-16-5-2-6-17-48)55-35-31-45(32-36-55)44-25-27-46(28-26-44)52-21-12-22-53(40-52)54-30-29-43-15-7-8-18-49(43)41-54/h1-41H. The van der Waals surface area contributed by atoms with Crippen LogP contribution in [0.3, 0.4) is 0 Å². The van der Waals surface area contributed by atoms with Gasteiger partial charge in [-0.15, -0.1) is 0 Å². The van der Waals surface area contributed by atoms with Crippen LogP contribution in [0.15, 0.2) is 249 Å². The van der Waals surface area contributed by atoms with Gasteiger partial charge in [0.2, 0.25) is 0 Å². The molecule has 0 N–H and O–H groups in total. The van der Waals surface area contributed by atoms with E-state index in [4.69, 9.17) is 0 Å². The van der Waals surface area contributed by atoms with Crippen molar-refractivity contribution in [3.63, 3.8) is 0 Å². The first kappa shape index (κ1) is 35.7. The summed E-state index contributed by atoms with van der Waals surface area (Å²) in [5.41, 5.74) is 17.7. The Hall–Kier alpha value is -7.74. The lowest BCUT2D eigenvalue weighted by molar-refractivity contribution is 1.28. The summed E-state index contributed by atoms with van der Waals surface area (Å²) in [5, 5.41) is 2.52. The van der Waals surface area contributed by atoms with Crippen molar-refractivity contribution < 1.29 is 0 Å². The van der Waals surface area contributed by atoms with Crippen molar-refractivity contribution in [2.45, 2.75) is 0 Å². The largest absolute Gasteiger partial charge is 0.310 e. The number of fused-ring (bicyclic) bond motifs is 1. The minimum Gasteiger partial charge on any atom is -0.310 e. The van der Waals surface area contributed by atoms with Crippen molar-refractivity contribution >= 4 is 27.8 Å². The lowest BCUT2D eigenvalue weighted by atomic mass is 9.96. The van der Waals surface area contributed by atoms with E-state index in [2.05, 4.69) is 254 Å². The molecule has 0 radical (unpaired) electrons. The SMILES string of the molecule is c1ccc(-c2cccc(-c3ccc(N(c4ccc(-c5ccc(-c6cccc(-c7ccc8ccccc8c7)c6)cc5)cc4)c4ccccc4-c4ccccc4)cc3)c2)cc1. The summed E-state index contributed by atoms with van der Waals surface area (Å²) < 4.78 is 0. The summed E-state index contributed by atoms with van der Waals surface area (Å²) in [4.78, 5) is 2.38. The second-order valence-electron chi connectivity index (χ2n) is 15.0. The Kier molecular flexibility index (Phi) is 9.68. The molecule has 278 valence electrons. The van der Waals surface area contributed by atoms with Gasteiger partial charge in [0.15, 0.2) is 0 Å². The Balaban J connectivity index is 0.960. The molecule has 0 aliphatic rings. The topological polar surface area (TPSA) is 3.24 Å². The summed E-state index contributed by atoms with van der Waals surface area (Å²) in [6, 6.07) is 89.7. The van der Waals surface area contributed by atoms with Gasteiger partial charge in [-0.2, -0.15) is 0 Å². The number of rotatable bonds is 9. The van der Waals surface area contributed by atoms with Crippen LogP contribution in [0.25, 0.3) is 77.5 Å². The molecule has 0 aliphatic heterocycles. The molecule has 0 amide bonds. The molecule has 1 nitrogen and oxygen atoms in total. The molecule has 0 aromatic heterocycles. The van der Waals surface area contributed by atoms with Gasteiger partial charge >= 0.3 is 0 Å². The zero-order valence-corrected chi connectivity index (χ0v) is 32.6. The first-order chi connectivity index (χ1) is 29.2. The predicted molar refractivity (Wildman–Crippen MR) is 251 cm³/mol. The molecule has 0 heterocycles. The molecule has 10 aromatic rings. The zero-order valence-electron chi connectivity index (χ0n) is 32.6. The van der Waals surface area contributed by atoms with Crippen LogP contribution in [0.4, 0.5) is 17.1 Å². The van der Waals surface area contributed by atoms with E-state index in [0.29, 0.717) is 0 Å². The van der Waals surface area contributed by atoms with Crippen LogP contribution >= 0.6 is 0 Å². The number of para-hydroxylation sites is 1. The van der Waals surface area contributed by atoms with Gasteiger partial charge in [-0.1, -0.05) is 200 Å². The minimum atomic E-state index is 1.10. The Labute approximate surface area is 346 Å². The summed E-state index contributed by atoms with van der Waals surface area (Å²) in [6.45, 7) is 0. The second kappa shape index (κ2) is 16.0. The number of nitrogens with zero attached hydrogens (tertiary/aromatic N) is 1. The van der Waals surface area contributed by atoms with Crippen molar-refractivity contribution in [1.82, 2.24) is 0 Å². The second-order valence-corrected chi connectivity index (χ2v) is 15.0. The van der Waals surface area contributed by atoms with Gasteiger partial charge < -0.3 is 4.90 Å². The van der Waals surface area contributed by atoms with Gasteiger partial charge in [0.25, 0.3) is 0 Å². The van der Waals surface area contributed by atoms with Gasteiger partial charge in [-0.3, -0.25) is 0 Å². The average Bonchev–Trinajstić information content (AvgIpc) is 3.33. The average molecular weight is 752 g/mol. The van der Waals surface area contributed by atoms with Gasteiger partial charge in [0.1, 0.15) is 0 Å². The number of benzene rings is 10. The van der Waals surface area contributed by atoms with Crippen molar-refractivity contribution in [3.05, 3.63) is 249 Å². The van der Waals surface area contributed by atoms with E-state index in [9.17, 15) is 0 Å². The normalized spacial score (nSPS) is 11.1. The highest BCUT2D eigenvalue weighted by Gasteiger charge is 2.18. The molecule has 1 heteroatoms. The molecule has 0 bridgehead atoms. The van der Waals surface area contributed by atoms with E-state index >= 15 is 0 Å². The highest BCUT2D eigenvalue weighted by atomic mass is 15.1. The van der Waals surface area contributed by atoms with Crippen LogP contribution in [0, 0.1) is 0 Å². The van der Waals surface area contributed by atoms with Crippen LogP contribution in [0.1, 0.15) is 0 Å². The van der Waals surface area contributed by atoms with Crippen LogP contribution in [-0.2, 0) is 0 Å². The Morgan fingerprint density at radius 2 is 0.559 bits per heavy atom. The molecule has 10 aromatic carbocycles. The highest BCUT2D eigenvalue weighted by Crippen LogP contribution is 2.42. The molecule has 59 heavy (non-hydrogen) atoms. The third kappa shape index (κ3) is 7.46. The predicted octanol–water partition coefficient (Wildman–Crippen LogP) is 16.3. The summed E-state index contributed by atoms with van der Waals surface area (Å²) in [7, 11) is 0. The van der Waals surface area contributed by atoms with E-state index in [1.54, 1.807) is 0 Å². The summed E-state index contributed by atoms with van der Waals surface area (Å²) >= 11 is 0. The smallest absolute Gasteiger partial charge is 0.0540 e. The van der Waals surface area contributed by atoms with Crippen molar-refractivity contribution in [2.75, 3.05) is 4.90 Å². The van der Waals surface area contributed by atoms with E-state index in [0.717, 1.165) is 17.1 Å². The van der Waals surface area contributed by atoms with Crippen molar-refractivity contribution in [1.29, 1.82) is 0 Å². The fourth-order valence-electron chi connectivity index (χ4n) is 8.17. The summed E-state index contributed by atoms with van der Waals surface area (Å²) in [5.74, 6) is 0. The molecule has 0 saturated carbocycles. The van der Waals surface area contributed by atoms with Gasteiger partial charge in [0.05, 0.1) is 5.69 Å². The van der Waals surface area contributed by atoms with Crippen molar-refractivity contribution in [3.8, 4) is 66.8 Å². The zero-order chi connectivity index (χ0) is 39.4. The number of anilines is 3. The number of hydrogen-bond acceptors (Lipinski definition) is 1. The fourth-order valence-corrected chi connectivity index (χ4v) is 8.17. The van der Waals surface area contributed by atoms with E-state index in [-0.39, 0.29) is 0 Å². The van der Waals surface area contributed by atoms with Crippen LogP contribution in [0.5, 0.6) is 0 Å². The minimum absolute atomic E-state index is 1.10. The molecular formula is C58H41N. The van der Waals surface area contributed by atoms with Crippen LogP contribution in [0.2, 0.25) is 0 Å². The molecule has 10 rings (SSSR count). The molecule has 0 unspecified atom stereocenters. The monoisotopic (exact) mass is 751 g/mol. The Morgan fingerprint density at radius 3 is 1.12 bits per heavy atom. The van der Waals surface area contributed by atoms with Crippen LogP contribution in [-0.4, -0.2) is 0 Å². The maximum absolute atomic E-state index is 2.38. The highest BCUT2D eigenvalue weighted by molar-refractivity contribution is 5.90. The Morgan fingerprint density at radius 1 is 0.203 bits per heavy atom. The molecule has 0 saturated heterocycles. The maximum Gasteiger partial charge on any atom is 0.0540 e. The summed E-state index contributed by atoms with van der Waals surface area (Å²) in [6.07, 6.45) is 0. The van der Waals surface area contributed by atoms with Gasteiger partial charge in [0, 0.05) is 16.9 Å². The molecule has 0 spiro atoms. The maximum atomic E-state index is 2.38. The first-order valence-electron chi connectivity index (χ1n) is 20.2. The van der Waals surface area contributed by atoms with Crippen LogP contribution < -0.4 is 4.90 Å². The lowest BCUT2D eigenvalue weighted by Gasteiger charge is -2.28. The third-order valence-corrected chi connectivity index (χ3v) is 11.3. The van der Waals surface area contributed by atoms with E-state index in [1.165, 1.54) is 77.5 Å². The molecule has 0 atom stereocenters. The fraction of sp³-hybridized carbons (Fsp3) is 0. The quantitative estimate of drug-likeness (QED) is 0.142. The third-order valence-electron chi connectivity index (χ3n) is 11.3. The van der Waals surface area contributed by atoms with Gasteiger partial charge in [-0.05, 0) is 121 Å². The number of hydrogen-bond donors (Lipinski definition) is 0.